The van der Waals surface area contributed by atoms with Crippen molar-refractivity contribution in [2.75, 3.05) is 12.3 Å². The summed E-state index contributed by atoms with van der Waals surface area (Å²) in [6.45, 7) is 1.41. The number of alkyl halides is 5. The summed E-state index contributed by atoms with van der Waals surface area (Å²) in [7, 11) is 0. The number of pyridine rings is 1. The molecule has 0 saturated carbocycles. The van der Waals surface area contributed by atoms with Gasteiger partial charge in [-0.3, -0.25) is 9.78 Å². The van der Waals surface area contributed by atoms with Gasteiger partial charge in [-0.15, -0.1) is 0 Å². The van der Waals surface area contributed by atoms with Gasteiger partial charge in [0.1, 0.15) is 5.69 Å². The summed E-state index contributed by atoms with van der Waals surface area (Å²) in [5.41, 5.74) is 1.37. The summed E-state index contributed by atoms with van der Waals surface area (Å²) in [6.07, 6.45) is -8.61. The Morgan fingerprint density at radius 3 is 2.50 bits per heavy atom. The SMILES string of the molecule is CCOC(=O)Cc1c(C(F)(F)F)cnc(C(F)F)c1N. The predicted molar refractivity (Wildman–Crippen MR) is 58.9 cm³/mol. The van der Waals surface area contributed by atoms with Crippen LogP contribution in [0.15, 0.2) is 6.20 Å². The molecule has 1 heterocycles. The maximum absolute atomic E-state index is 12.8. The van der Waals surface area contributed by atoms with Gasteiger partial charge in [0, 0.05) is 11.8 Å². The van der Waals surface area contributed by atoms with Crippen LogP contribution in [0.1, 0.15) is 30.2 Å². The van der Waals surface area contributed by atoms with Crippen molar-refractivity contribution in [1.29, 1.82) is 0 Å². The number of nitrogen functional groups attached to an aromatic ring is 1. The van der Waals surface area contributed by atoms with Crippen molar-refractivity contribution in [3.05, 3.63) is 23.0 Å². The molecule has 4 nitrogen and oxygen atoms in total. The second kappa shape index (κ2) is 6.02. The molecule has 0 saturated heterocycles. The fraction of sp³-hybridized carbons (Fsp3) is 0.455. The highest BCUT2D eigenvalue weighted by Crippen LogP contribution is 2.37. The van der Waals surface area contributed by atoms with Crippen molar-refractivity contribution in [1.82, 2.24) is 4.98 Å². The molecule has 20 heavy (non-hydrogen) atoms. The zero-order chi connectivity index (χ0) is 15.5. The van der Waals surface area contributed by atoms with Crippen LogP contribution in [0.2, 0.25) is 0 Å². The van der Waals surface area contributed by atoms with E-state index < -0.39 is 47.5 Å². The average Bonchev–Trinajstić information content (AvgIpc) is 2.29. The van der Waals surface area contributed by atoms with E-state index in [1.807, 2.05) is 0 Å². The van der Waals surface area contributed by atoms with Crippen molar-refractivity contribution in [3.8, 4) is 0 Å². The topological polar surface area (TPSA) is 65.2 Å². The second-order valence-electron chi connectivity index (χ2n) is 3.73. The molecule has 0 fully saturated rings. The molecule has 0 radical (unpaired) electrons. The molecule has 0 atom stereocenters. The van der Waals surface area contributed by atoms with Crippen molar-refractivity contribution in [2.45, 2.75) is 25.9 Å². The molecule has 1 aromatic rings. The quantitative estimate of drug-likeness (QED) is 0.685. The van der Waals surface area contributed by atoms with E-state index in [9.17, 15) is 26.7 Å². The molecular formula is C11H11F5N2O2. The molecule has 0 aliphatic rings. The smallest absolute Gasteiger partial charge is 0.418 e. The van der Waals surface area contributed by atoms with Crippen LogP contribution in [0.25, 0.3) is 0 Å². The lowest BCUT2D eigenvalue weighted by Gasteiger charge is -2.16. The fourth-order valence-corrected chi connectivity index (χ4v) is 1.55. The van der Waals surface area contributed by atoms with Crippen molar-refractivity contribution in [2.24, 2.45) is 0 Å². The number of esters is 1. The highest BCUT2D eigenvalue weighted by atomic mass is 19.4. The van der Waals surface area contributed by atoms with Gasteiger partial charge in [-0.1, -0.05) is 0 Å². The van der Waals surface area contributed by atoms with Crippen LogP contribution >= 0.6 is 0 Å². The van der Waals surface area contributed by atoms with E-state index in [1.54, 1.807) is 0 Å². The van der Waals surface area contributed by atoms with E-state index in [0.29, 0.717) is 0 Å². The van der Waals surface area contributed by atoms with E-state index in [0.717, 1.165) is 0 Å². The first-order valence-electron chi connectivity index (χ1n) is 5.46. The third-order valence-electron chi connectivity index (χ3n) is 2.40. The van der Waals surface area contributed by atoms with Crippen LogP contribution in [0.3, 0.4) is 0 Å². The zero-order valence-corrected chi connectivity index (χ0v) is 10.3. The van der Waals surface area contributed by atoms with E-state index in [4.69, 9.17) is 5.73 Å². The molecule has 0 spiro atoms. The van der Waals surface area contributed by atoms with Gasteiger partial charge >= 0.3 is 12.1 Å². The normalized spacial score (nSPS) is 11.8. The van der Waals surface area contributed by atoms with Crippen LogP contribution in [0, 0.1) is 0 Å². The molecule has 2 N–H and O–H groups in total. The minimum atomic E-state index is -4.86. The molecule has 9 heteroatoms. The van der Waals surface area contributed by atoms with Crippen molar-refractivity contribution in [3.63, 3.8) is 0 Å². The van der Waals surface area contributed by atoms with Gasteiger partial charge < -0.3 is 10.5 Å². The molecule has 0 aromatic carbocycles. The lowest BCUT2D eigenvalue weighted by Crippen LogP contribution is -2.18. The Hall–Kier alpha value is -1.93. The number of carbonyl (C=O) groups excluding carboxylic acids is 1. The van der Waals surface area contributed by atoms with Crippen LogP contribution in [-0.4, -0.2) is 17.6 Å². The summed E-state index contributed by atoms with van der Waals surface area (Å²) in [4.78, 5) is 14.3. The highest BCUT2D eigenvalue weighted by molar-refractivity contribution is 5.76. The third-order valence-corrected chi connectivity index (χ3v) is 2.40. The molecule has 1 aromatic heterocycles. The van der Waals surface area contributed by atoms with Gasteiger partial charge in [0.2, 0.25) is 0 Å². The van der Waals surface area contributed by atoms with Crippen LogP contribution in [-0.2, 0) is 22.1 Å². The van der Waals surface area contributed by atoms with Crippen LogP contribution < -0.4 is 5.73 Å². The number of hydrogen-bond acceptors (Lipinski definition) is 4. The molecule has 0 aliphatic carbocycles. The van der Waals surface area contributed by atoms with Gasteiger partial charge in [-0.2, -0.15) is 13.2 Å². The van der Waals surface area contributed by atoms with E-state index in [2.05, 4.69) is 9.72 Å². The van der Waals surface area contributed by atoms with Gasteiger partial charge in [-0.25, -0.2) is 8.78 Å². The Morgan fingerprint density at radius 1 is 1.45 bits per heavy atom. The fourth-order valence-electron chi connectivity index (χ4n) is 1.55. The van der Waals surface area contributed by atoms with Crippen molar-refractivity contribution < 1.29 is 31.5 Å². The van der Waals surface area contributed by atoms with Crippen LogP contribution in [0.4, 0.5) is 27.6 Å². The molecule has 0 bridgehead atoms. The summed E-state index contributed by atoms with van der Waals surface area (Å²) >= 11 is 0. The van der Waals surface area contributed by atoms with Gasteiger partial charge in [0.15, 0.2) is 0 Å². The monoisotopic (exact) mass is 298 g/mol. The number of nitrogens with two attached hydrogens (primary N) is 1. The maximum Gasteiger partial charge on any atom is 0.418 e. The summed E-state index contributed by atoms with van der Waals surface area (Å²) in [5.74, 6) is -0.990. The number of anilines is 1. The minimum Gasteiger partial charge on any atom is -0.466 e. The summed E-state index contributed by atoms with van der Waals surface area (Å²) in [5, 5.41) is 0. The van der Waals surface area contributed by atoms with Crippen LogP contribution in [0.5, 0.6) is 0 Å². The lowest BCUT2D eigenvalue weighted by atomic mass is 10.0. The Kier molecular flexibility index (Phi) is 4.85. The number of aromatic nitrogens is 1. The number of hydrogen-bond donors (Lipinski definition) is 1. The summed E-state index contributed by atoms with van der Waals surface area (Å²) in [6, 6.07) is 0. The van der Waals surface area contributed by atoms with Gasteiger partial charge in [-0.05, 0) is 6.92 Å². The molecule has 0 aliphatic heterocycles. The standard InChI is InChI=1S/C11H11F5N2O2/c1-2-20-7(19)3-5-6(11(14,15)16)4-18-9(8(5)17)10(12)13/h4,10H,2-3,17H2,1H3. The van der Waals surface area contributed by atoms with E-state index in [1.165, 1.54) is 6.92 Å². The van der Waals surface area contributed by atoms with Gasteiger partial charge in [0.25, 0.3) is 6.43 Å². The Bertz CT molecular complexity index is 502. The zero-order valence-electron chi connectivity index (χ0n) is 10.3. The number of carbonyl (C=O) groups is 1. The van der Waals surface area contributed by atoms with E-state index >= 15 is 0 Å². The maximum atomic E-state index is 12.8. The Labute approximate surface area is 110 Å². The number of rotatable bonds is 4. The largest absolute Gasteiger partial charge is 0.466 e. The Balaban J connectivity index is 3.34. The first-order valence-corrected chi connectivity index (χ1v) is 5.46. The molecule has 0 amide bonds. The number of nitrogens with zero attached hydrogens (tertiary/aromatic N) is 1. The average molecular weight is 298 g/mol. The van der Waals surface area contributed by atoms with Crippen molar-refractivity contribution >= 4 is 11.7 Å². The lowest BCUT2D eigenvalue weighted by molar-refractivity contribution is -0.143. The molecule has 112 valence electrons. The first-order chi connectivity index (χ1) is 9.18. The van der Waals surface area contributed by atoms with Gasteiger partial charge in [0.05, 0.1) is 24.3 Å². The molecule has 1 rings (SSSR count). The first kappa shape index (κ1) is 16.1. The van der Waals surface area contributed by atoms with E-state index in [-0.39, 0.29) is 12.8 Å². The predicted octanol–water partition coefficient (Wildman–Crippen LogP) is 2.73. The molecule has 0 unspecified atom stereocenters. The number of ether oxygens (including phenoxy) is 1. The Morgan fingerprint density at radius 2 is 2.05 bits per heavy atom. The summed E-state index contributed by atoms with van der Waals surface area (Å²) < 4.78 is 67.9. The second-order valence-corrected chi connectivity index (χ2v) is 3.73. The molecular weight excluding hydrogens is 287 g/mol. The minimum absolute atomic E-state index is 0.0487. The highest BCUT2D eigenvalue weighted by Gasteiger charge is 2.36. The third kappa shape index (κ3) is 3.55. The number of halogens is 5.